The van der Waals surface area contributed by atoms with Crippen molar-refractivity contribution in [1.82, 2.24) is 9.80 Å². The number of ether oxygens (including phenoxy) is 1. The normalized spacial score (nSPS) is 15.6. The first kappa shape index (κ1) is 16.8. The molecule has 1 fully saturated rings. The molecule has 1 rings (SSSR count). The Bertz CT molecular complexity index is 327. The predicted octanol–water partition coefficient (Wildman–Crippen LogP) is 1.79. The molecule has 0 aromatic heterocycles. The van der Waals surface area contributed by atoms with Crippen LogP contribution in [0.4, 0.5) is 4.79 Å². The second kappa shape index (κ2) is 8.09. The van der Waals surface area contributed by atoms with Crippen molar-refractivity contribution in [2.24, 2.45) is 0 Å². The minimum atomic E-state index is -0.961. The Hall–Kier alpha value is -1.30. The number of hydrogen-bond donors (Lipinski definition) is 1. The summed E-state index contributed by atoms with van der Waals surface area (Å²) >= 11 is 0. The molecule has 0 saturated heterocycles. The molecule has 1 N–H and O–H groups in total. The minimum Gasteiger partial charge on any atom is -0.480 e. The maximum absolute atomic E-state index is 12.4. The van der Waals surface area contributed by atoms with E-state index in [4.69, 9.17) is 9.84 Å². The highest BCUT2D eigenvalue weighted by Crippen LogP contribution is 2.24. The summed E-state index contributed by atoms with van der Waals surface area (Å²) in [5.74, 6) is -0.961. The Morgan fingerprint density at radius 2 is 1.90 bits per heavy atom. The molecule has 2 amide bonds. The van der Waals surface area contributed by atoms with Crippen LogP contribution < -0.4 is 0 Å². The van der Waals surface area contributed by atoms with Crippen LogP contribution in [0.3, 0.4) is 0 Å². The zero-order valence-electron chi connectivity index (χ0n) is 12.7. The first-order valence-corrected chi connectivity index (χ1v) is 7.27. The fourth-order valence-electron chi connectivity index (χ4n) is 2.45. The molecule has 0 aliphatic heterocycles. The molecule has 0 bridgehead atoms. The first-order chi connectivity index (χ1) is 9.41. The van der Waals surface area contributed by atoms with E-state index in [-0.39, 0.29) is 24.7 Å². The van der Waals surface area contributed by atoms with E-state index in [2.05, 4.69) is 0 Å². The number of carboxylic acid groups (broad SMARTS) is 1. The van der Waals surface area contributed by atoms with Crippen molar-refractivity contribution < 1.29 is 19.4 Å². The topological polar surface area (TPSA) is 70.1 Å². The lowest BCUT2D eigenvalue weighted by atomic mass is 10.2. The van der Waals surface area contributed by atoms with Crippen LogP contribution in [0.25, 0.3) is 0 Å². The highest BCUT2D eigenvalue weighted by Gasteiger charge is 2.30. The monoisotopic (exact) mass is 286 g/mol. The number of nitrogens with zero attached hydrogens (tertiary/aromatic N) is 2. The zero-order chi connectivity index (χ0) is 15.1. The van der Waals surface area contributed by atoms with Crippen molar-refractivity contribution in [2.45, 2.75) is 51.7 Å². The number of carbonyl (C=O) groups excluding carboxylic acids is 1. The van der Waals surface area contributed by atoms with Crippen molar-refractivity contribution in [3.8, 4) is 0 Å². The van der Waals surface area contributed by atoms with Crippen LogP contribution in [-0.4, -0.2) is 65.8 Å². The first-order valence-electron chi connectivity index (χ1n) is 7.27. The van der Waals surface area contributed by atoms with Crippen LogP contribution in [0.15, 0.2) is 0 Å². The van der Waals surface area contributed by atoms with Gasteiger partial charge in [0.05, 0.1) is 12.7 Å². The fourth-order valence-corrected chi connectivity index (χ4v) is 2.45. The molecule has 0 aromatic carbocycles. The molecule has 20 heavy (non-hydrogen) atoms. The lowest BCUT2D eigenvalue weighted by Gasteiger charge is -2.31. The van der Waals surface area contributed by atoms with E-state index in [1.807, 2.05) is 13.8 Å². The van der Waals surface area contributed by atoms with E-state index in [0.29, 0.717) is 13.2 Å². The molecule has 1 aliphatic rings. The lowest BCUT2D eigenvalue weighted by Crippen LogP contribution is -2.49. The van der Waals surface area contributed by atoms with Crippen molar-refractivity contribution >= 4 is 12.0 Å². The van der Waals surface area contributed by atoms with Crippen molar-refractivity contribution in [1.29, 1.82) is 0 Å². The molecule has 0 aromatic rings. The molecule has 0 radical (unpaired) electrons. The van der Waals surface area contributed by atoms with Gasteiger partial charge in [0.15, 0.2) is 0 Å². The summed E-state index contributed by atoms with van der Waals surface area (Å²) in [5.41, 5.74) is 0. The molecule has 6 heteroatoms. The molecular weight excluding hydrogens is 260 g/mol. The van der Waals surface area contributed by atoms with Crippen LogP contribution >= 0.6 is 0 Å². The summed E-state index contributed by atoms with van der Waals surface area (Å²) in [5, 5.41) is 8.99. The average molecular weight is 286 g/mol. The summed E-state index contributed by atoms with van der Waals surface area (Å²) in [6.45, 7) is 4.60. The molecular formula is C14H26N2O4. The standard InChI is InChI=1S/C14H26N2O4/c1-11(2)20-9-8-15(3)14(19)16(10-13(17)18)12-6-4-5-7-12/h11-12H,4-10H2,1-3H3,(H,17,18). The lowest BCUT2D eigenvalue weighted by molar-refractivity contribution is -0.138. The molecule has 1 saturated carbocycles. The van der Waals surface area contributed by atoms with Crippen molar-refractivity contribution in [2.75, 3.05) is 26.7 Å². The van der Waals surface area contributed by atoms with Crippen LogP contribution in [-0.2, 0) is 9.53 Å². The van der Waals surface area contributed by atoms with Gasteiger partial charge in [-0.15, -0.1) is 0 Å². The molecule has 0 atom stereocenters. The number of urea groups is 1. The van der Waals surface area contributed by atoms with Crippen LogP contribution in [0.5, 0.6) is 0 Å². The van der Waals surface area contributed by atoms with Crippen LogP contribution in [0.1, 0.15) is 39.5 Å². The van der Waals surface area contributed by atoms with Gasteiger partial charge in [-0.1, -0.05) is 12.8 Å². The van der Waals surface area contributed by atoms with Crippen molar-refractivity contribution in [3.63, 3.8) is 0 Å². The predicted molar refractivity (Wildman–Crippen MR) is 75.7 cm³/mol. The second-order valence-corrected chi connectivity index (χ2v) is 5.58. The average Bonchev–Trinajstić information content (AvgIpc) is 2.87. The van der Waals surface area contributed by atoms with Gasteiger partial charge in [0, 0.05) is 19.6 Å². The van der Waals surface area contributed by atoms with E-state index < -0.39 is 5.97 Å². The van der Waals surface area contributed by atoms with Gasteiger partial charge in [0.25, 0.3) is 0 Å². The molecule has 116 valence electrons. The number of hydrogen-bond acceptors (Lipinski definition) is 3. The van der Waals surface area contributed by atoms with Crippen molar-refractivity contribution in [3.05, 3.63) is 0 Å². The van der Waals surface area contributed by atoms with E-state index in [9.17, 15) is 9.59 Å². The highest BCUT2D eigenvalue weighted by molar-refractivity contribution is 5.80. The largest absolute Gasteiger partial charge is 0.480 e. The fraction of sp³-hybridized carbons (Fsp3) is 0.857. The zero-order valence-corrected chi connectivity index (χ0v) is 12.7. The van der Waals surface area contributed by atoms with Gasteiger partial charge in [0.2, 0.25) is 0 Å². The van der Waals surface area contributed by atoms with Gasteiger partial charge in [-0.05, 0) is 26.7 Å². The van der Waals surface area contributed by atoms with Crippen LogP contribution in [0.2, 0.25) is 0 Å². The number of carboxylic acids is 1. The summed E-state index contributed by atoms with van der Waals surface area (Å²) < 4.78 is 5.42. The van der Waals surface area contributed by atoms with Gasteiger partial charge >= 0.3 is 12.0 Å². The molecule has 0 unspecified atom stereocenters. The number of amides is 2. The Kier molecular flexibility index (Phi) is 6.78. The van der Waals surface area contributed by atoms with E-state index in [1.165, 1.54) is 4.90 Å². The third-order valence-electron chi connectivity index (χ3n) is 3.52. The molecule has 0 heterocycles. The molecule has 1 aliphatic carbocycles. The van der Waals surface area contributed by atoms with Gasteiger partial charge in [0.1, 0.15) is 6.54 Å². The Balaban J connectivity index is 2.54. The maximum Gasteiger partial charge on any atom is 0.323 e. The third-order valence-corrected chi connectivity index (χ3v) is 3.52. The van der Waals surface area contributed by atoms with E-state index >= 15 is 0 Å². The SMILES string of the molecule is CC(C)OCCN(C)C(=O)N(CC(=O)O)C1CCCC1. The van der Waals surface area contributed by atoms with Gasteiger partial charge in [-0.2, -0.15) is 0 Å². The maximum atomic E-state index is 12.4. The number of likely N-dealkylation sites (N-methyl/N-ethyl adjacent to an activating group) is 1. The number of carbonyl (C=O) groups is 2. The summed E-state index contributed by atoms with van der Waals surface area (Å²) in [4.78, 5) is 26.4. The smallest absolute Gasteiger partial charge is 0.323 e. The Morgan fingerprint density at radius 1 is 1.30 bits per heavy atom. The third kappa shape index (κ3) is 5.36. The molecule has 0 spiro atoms. The van der Waals surface area contributed by atoms with E-state index in [0.717, 1.165) is 25.7 Å². The quantitative estimate of drug-likeness (QED) is 0.774. The van der Waals surface area contributed by atoms with Gasteiger partial charge in [-0.3, -0.25) is 4.79 Å². The van der Waals surface area contributed by atoms with Gasteiger partial charge < -0.3 is 19.6 Å². The molecule has 6 nitrogen and oxygen atoms in total. The minimum absolute atomic E-state index is 0.0621. The van der Waals surface area contributed by atoms with Gasteiger partial charge in [-0.25, -0.2) is 4.79 Å². The Morgan fingerprint density at radius 3 is 2.40 bits per heavy atom. The highest BCUT2D eigenvalue weighted by atomic mass is 16.5. The number of aliphatic carboxylic acids is 1. The Labute approximate surface area is 120 Å². The summed E-state index contributed by atoms with van der Waals surface area (Å²) in [6.07, 6.45) is 4.05. The number of rotatable bonds is 7. The summed E-state index contributed by atoms with van der Waals surface area (Å²) in [7, 11) is 1.69. The van der Waals surface area contributed by atoms with E-state index in [1.54, 1.807) is 11.9 Å². The summed E-state index contributed by atoms with van der Waals surface area (Å²) in [6, 6.07) is -0.154. The second-order valence-electron chi connectivity index (χ2n) is 5.58. The van der Waals surface area contributed by atoms with Crippen LogP contribution in [0, 0.1) is 0 Å².